The molecule has 0 amide bonds. The number of nitrogens with zero attached hydrogens (tertiary/aromatic N) is 1. The van der Waals surface area contributed by atoms with E-state index < -0.39 is 17.5 Å². The molecule has 2 atom stereocenters. The molecule has 62 valence electrons. The number of aliphatic hydroxyl groups is 1. The second kappa shape index (κ2) is 3.35. The van der Waals surface area contributed by atoms with E-state index in [1.165, 1.54) is 13.0 Å². The van der Waals surface area contributed by atoms with Gasteiger partial charge in [0.15, 0.2) is 0 Å². The largest absolute Gasteiger partial charge is 0.478 e. The smallest absolute Gasteiger partial charge is 0.351 e. The Bertz CT molecular complexity index is 196. The molecule has 0 spiro atoms. The lowest BCUT2D eigenvalue weighted by Gasteiger charge is -2.20. The van der Waals surface area contributed by atoms with Crippen LogP contribution in [0.3, 0.4) is 0 Å². The zero-order valence-electron chi connectivity index (χ0n) is 6.53. The minimum Gasteiger partial charge on any atom is -0.478 e. The molecule has 0 rings (SSSR count). The number of rotatable bonds is 3. The van der Waals surface area contributed by atoms with Crippen LogP contribution in [0.15, 0.2) is 0 Å². The van der Waals surface area contributed by atoms with Crippen molar-refractivity contribution in [3.8, 4) is 6.07 Å². The van der Waals surface area contributed by atoms with Crippen molar-refractivity contribution in [3.63, 3.8) is 0 Å². The maximum absolute atomic E-state index is 10.4. The van der Waals surface area contributed by atoms with Gasteiger partial charge < -0.3 is 10.2 Å². The van der Waals surface area contributed by atoms with Gasteiger partial charge in [0.2, 0.25) is 0 Å². The summed E-state index contributed by atoms with van der Waals surface area (Å²) in [4.78, 5) is 10.4. The molecule has 0 aliphatic heterocycles. The molecule has 2 unspecified atom stereocenters. The maximum atomic E-state index is 10.4. The van der Waals surface area contributed by atoms with E-state index in [9.17, 15) is 9.90 Å². The summed E-state index contributed by atoms with van der Waals surface area (Å²) in [5.74, 6) is -2.03. The predicted molar refractivity (Wildman–Crippen MR) is 37.7 cm³/mol. The minimum absolute atomic E-state index is 0.455. The van der Waals surface area contributed by atoms with Gasteiger partial charge in [-0.05, 0) is 6.42 Å². The molecule has 0 heterocycles. The molecule has 0 aromatic rings. The fourth-order valence-corrected chi connectivity index (χ4v) is 0.664. The van der Waals surface area contributed by atoms with Gasteiger partial charge in [-0.1, -0.05) is 13.8 Å². The second-order valence-electron chi connectivity index (χ2n) is 2.49. The fraction of sp³-hybridized carbons (Fsp3) is 0.714. The first kappa shape index (κ1) is 9.92. The molecule has 0 saturated heterocycles. The number of hydrogen-bond donors (Lipinski definition) is 2. The van der Waals surface area contributed by atoms with Gasteiger partial charge in [-0.2, -0.15) is 5.26 Å². The Morgan fingerprint density at radius 3 is 2.36 bits per heavy atom. The van der Waals surface area contributed by atoms with Crippen LogP contribution < -0.4 is 0 Å². The number of carboxylic acid groups (broad SMARTS) is 1. The third-order valence-electron chi connectivity index (χ3n) is 1.82. The average molecular weight is 157 g/mol. The quantitative estimate of drug-likeness (QED) is 0.580. The molecule has 0 aromatic carbocycles. The third-order valence-corrected chi connectivity index (χ3v) is 1.82. The normalized spacial score (nSPS) is 18.0. The number of carboxylic acids is 1. The summed E-state index contributed by atoms with van der Waals surface area (Å²) < 4.78 is 0. The van der Waals surface area contributed by atoms with E-state index >= 15 is 0 Å². The lowest BCUT2D eigenvalue weighted by Crippen LogP contribution is -2.43. The van der Waals surface area contributed by atoms with E-state index in [-0.39, 0.29) is 0 Å². The maximum Gasteiger partial charge on any atom is 0.351 e. The first-order valence-corrected chi connectivity index (χ1v) is 3.36. The van der Waals surface area contributed by atoms with Crippen molar-refractivity contribution >= 4 is 5.97 Å². The summed E-state index contributed by atoms with van der Waals surface area (Å²) in [5.41, 5.74) is -2.23. The number of carbonyl (C=O) groups is 1. The summed E-state index contributed by atoms with van der Waals surface area (Å²) >= 11 is 0. The van der Waals surface area contributed by atoms with Crippen LogP contribution in [0.2, 0.25) is 0 Å². The molecule has 0 aliphatic carbocycles. The Kier molecular flexibility index (Phi) is 3.02. The Labute approximate surface area is 65.1 Å². The SMILES string of the molecule is CCC(C)C(O)(C#N)C(=O)O. The van der Waals surface area contributed by atoms with Gasteiger partial charge >= 0.3 is 5.97 Å². The molecule has 0 bridgehead atoms. The predicted octanol–water partition coefficient (Wildman–Crippen LogP) is 0.372. The molecule has 0 aromatic heterocycles. The van der Waals surface area contributed by atoms with Crippen molar-refractivity contribution in [1.29, 1.82) is 5.26 Å². The standard InChI is InChI=1S/C7H11NO3/c1-3-5(2)7(11,4-8)6(9)10/h5,11H,3H2,1-2H3,(H,9,10). The van der Waals surface area contributed by atoms with Crippen LogP contribution >= 0.6 is 0 Å². The average Bonchev–Trinajstić information content (AvgIpc) is 2.01. The Hall–Kier alpha value is -1.08. The number of hydrogen-bond acceptors (Lipinski definition) is 3. The topological polar surface area (TPSA) is 81.3 Å². The van der Waals surface area contributed by atoms with Crippen LogP contribution in [-0.2, 0) is 4.79 Å². The van der Waals surface area contributed by atoms with Crippen molar-refractivity contribution in [2.24, 2.45) is 5.92 Å². The van der Waals surface area contributed by atoms with Crippen molar-refractivity contribution in [2.45, 2.75) is 25.9 Å². The summed E-state index contributed by atoms with van der Waals surface area (Å²) in [6.45, 7) is 3.24. The first-order chi connectivity index (χ1) is 4.99. The molecule has 11 heavy (non-hydrogen) atoms. The van der Waals surface area contributed by atoms with Gasteiger partial charge in [-0.3, -0.25) is 0 Å². The fourth-order valence-electron chi connectivity index (χ4n) is 0.664. The Morgan fingerprint density at radius 2 is 2.27 bits per heavy atom. The van der Waals surface area contributed by atoms with Crippen molar-refractivity contribution in [1.82, 2.24) is 0 Å². The van der Waals surface area contributed by atoms with Gasteiger partial charge in [0.25, 0.3) is 5.60 Å². The van der Waals surface area contributed by atoms with E-state index in [0.717, 1.165) is 0 Å². The highest BCUT2D eigenvalue weighted by Gasteiger charge is 2.41. The lowest BCUT2D eigenvalue weighted by atomic mass is 9.88. The van der Waals surface area contributed by atoms with Gasteiger partial charge in [0, 0.05) is 5.92 Å². The van der Waals surface area contributed by atoms with Gasteiger partial charge in [-0.15, -0.1) is 0 Å². The van der Waals surface area contributed by atoms with Gasteiger partial charge in [-0.25, -0.2) is 4.79 Å². The summed E-state index contributed by atoms with van der Waals surface area (Å²) in [7, 11) is 0. The van der Waals surface area contributed by atoms with Crippen LogP contribution in [0.25, 0.3) is 0 Å². The highest BCUT2D eigenvalue weighted by molar-refractivity contribution is 5.81. The van der Waals surface area contributed by atoms with Crippen LogP contribution in [0.5, 0.6) is 0 Å². The van der Waals surface area contributed by atoms with Crippen LogP contribution in [-0.4, -0.2) is 21.8 Å². The Balaban J connectivity index is 4.63. The monoisotopic (exact) mass is 157 g/mol. The second-order valence-corrected chi connectivity index (χ2v) is 2.49. The summed E-state index contributed by atoms with van der Waals surface area (Å²) in [6.07, 6.45) is 0.455. The van der Waals surface area contributed by atoms with E-state index in [1.807, 2.05) is 0 Å². The van der Waals surface area contributed by atoms with Gasteiger partial charge in [0.05, 0.1) is 0 Å². The first-order valence-electron chi connectivity index (χ1n) is 3.36. The van der Waals surface area contributed by atoms with E-state index in [2.05, 4.69) is 0 Å². The van der Waals surface area contributed by atoms with E-state index in [4.69, 9.17) is 10.4 Å². The van der Waals surface area contributed by atoms with E-state index in [1.54, 1.807) is 6.92 Å². The molecule has 2 N–H and O–H groups in total. The molecular formula is C7H11NO3. The summed E-state index contributed by atoms with van der Waals surface area (Å²) in [5, 5.41) is 26.0. The molecule has 0 fully saturated rings. The summed E-state index contributed by atoms with van der Waals surface area (Å²) in [6, 6.07) is 1.38. The number of aliphatic carboxylic acids is 1. The minimum atomic E-state index is -2.23. The van der Waals surface area contributed by atoms with Gasteiger partial charge in [0.1, 0.15) is 6.07 Å². The zero-order valence-corrected chi connectivity index (χ0v) is 6.53. The molecular weight excluding hydrogens is 146 g/mol. The third kappa shape index (κ3) is 1.69. The van der Waals surface area contributed by atoms with Crippen molar-refractivity contribution in [3.05, 3.63) is 0 Å². The van der Waals surface area contributed by atoms with Crippen LogP contribution in [0.1, 0.15) is 20.3 Å². The Morgan fingerprint density at radius 1 is 1.82 bits per heavy atom. The number of nitriles is 1. The van der Waals surface area contributed by atoms with Crippen LogP contribution in [0.4, 0.5) is 0 Å². The van der Waals surface area contributed by atoms with Crippen molar-refractivity contribution in [2.75, 3.05) is 0 Å². The van der Waals surface area contributed by atoms with E-state index in [0.29, 0.717) is 6.42 Å². The van der Waals surface area contributed by atoms with Crippen molar-refractivity contribution < 1.29 is 15.0 Å². The molecule has 0 aliphatic rings. The lowest BCUT2D eigenvalue weighted by molar-refractivity contribution is -0.156. The molecule has 0 radical (unpaired) electrons. The highest BCUT2D eigenvalue weighted by Crippen LogP contribution is 2.19. The van der Waals surface area contributed by atoms with Crippen LogP contribution in [0, 0.1) is 17.2 Å². The highest BCUT2D eigenvalue weighted by atomic mass is 16.4. The zero-order chi connectivity index (χ0) is 9.07. The molecule has 4 nitrogen and oxygen atoms in total. The molecule has 0 saturated carbocycles. The molecule has 4 heteroatoms.